The summed E-state index contributed by atoms with van der Waals surface area (Å²) in [5.74, 6) is -0.392. The van der Waals surface area contributed by atoms with Gasteiger partial charge in [0.25, 0.3) is 11.6 Å². The van der Waals surface area contributed by atoms with Crippen molar-refractivity contribution in [2.75, 3.05) is 19.6 Å². The Morgan fingerprint density at radius 3 is 2.65 bits per heavy atom. The number of rotatable bonds is 4. The molecule has 0 aliphatic carbocycles. The molecule has 3 N–H and O–H groups in total. The quantitative estimate of drug-likeness (QED) is 0.553. The van der Waals surface area contributed by atoms with E-state index in [1.165, 1.54) is 24.3 Å². The summed E-state index contributed by atoms with van der Waals surface area (Å²) in [6.07, 6.45) is 1.91. The Bertz CT molecular complexity index is 890. The maximum Gasteiger partial charge on any atom is 0.270 e. The minimum Gasteiger partial charge on any atom is -0.351 e. The monoisotopic (exact) mass is 380 g/mol. The molecular weight excluding hydrogens is 360 g/mol. The fourth-order valence-electron chi connectivity index (χ4n) is 3.14. The van der Waals surface area contributed by atoms with Gasteiger partial charge in [0.2, 0.25) is 5.56 Å². The van der Waals surface area contributed by atoms with Crippen molar-refractivity contribution in [3.8, 4) is 0 Å². The van der Waals surface area contributed by atoms with Gasteiger partial charge in [-0.15, -0.1) is 12.4 Å². The molecule has 2 heterocycles. The molecule has 1 aromatic carbocycles. The van der Waals surface area contributed by atoms with Crippen LogP contribution in [0.1, 0.15) is 30.1 Å². The summed E-state index contributed by atoms with van der Waals surface area (Å²) < 4.78 is 0. The van der Waals surface area contributed by atoms with E-state index in [1.54, 1.807) is 0 Å². The van der Waals surface area contributed by atoms with Crippen molar-refractivity contribution < 1.29 is 9.72 Å². The van der Waals surface area contributed by atoms with Gasteiger partial charge in [-0.05, 0) is 37.4 Å². The van der Waals surface area contributed by atoms with Crippen molar-refractivity contribution in [3.63, 3.8) is 0 Å². The summed E-state index contributed by atoms with van der Waals surface area (Å²) in [7, 11) is 0. The number of H-pyrrole nitrogens is 1. The predicted molar refractivity (Wildman–Crippen MR) is 101 cm³/mol. The van der Waals surface area contributed by atoms with E-state index >= 15 is 0 Å². The first-order valence-corrected chi connectivity index (χ1v) is 8.18. The molecule has 9 heteroatoms. The van der Waals surface area contributed by atoms with Crippen LogP contribution >= 0.6 is 12.4 Å². The van der Waals surface area contributed by atoms with E-state index < -0.39 is 16.4 Å². The zero-order valence-electron chi connectivity index (χ0n) is 14.3. The summed E-state index contributed by atoms with van der Waals surface area (Å²) >= 11 is 0. The average Bonchev–Trinajstić information content (AvgIpc) is 2.59. The zero-order valence-corrected chi connectivity index (χ0v) is 15.1. The lowest BCUT2D eigenvalue weighted by Crippen LogP contribution is -2.43. The Labute approximate surface area is 155 Å². The lowest BCUT2D eigenvalue weighted by atomic mass is 9.81. The molecule has 0 radical (unpaired) electrons. The van der Waals surface area contributed by atoms with E-state index in [9.17, 15) is 19.7 Å². The number of hydrogen-bond donors (Lipinski definition) is 3. The third kappa shape index (κ3) is 4.20. The second-order valence-electron chi connectivity index (χ2n) is 6.78. The molecule has 1 aliphatic heterocycles. The highest BCUT2D eigenvalue weighted by Crippen LogP contribution is 2.27. The molecule has 1 aromatic heterocycles. The van der Waals surface area contributed by atoms with Gasteiger partial charge in [0.15, 0.2) is 0 Å². The number of nitro groups is 1. The van der Waals surface area contributed by atoms with Gasteiger partial charge < -0.3 is 15.6 Å². The molecule has 2 aromatic rings. The number of fused-ring (bicyclic) bond motifs is 1. The van der Waals surface area contributed by atoms with Crippen LogP contribution in [-0.2, 0) is 0 Å². The van der Waals surface area contributed by atoms with Crippen LogP contribution in [-0.4, -0.2) is 35.4 Å². The van der Waals surface area contributed by atoms with E-state index in [1.807, 2.05) is 0 Å². The molecule has 0 spiro atoms. The smallest absolute Gasteiger partial charge is 0.270 e. The number of carbonyl (C=O) groups is 1. The molecule has 26 heavy (non-hydrogen) atoms. The van der Waals surface area contributed by atoms with Crippen LogP contribution in [0.4, 0.5) is 5.69 Å². The summed E-state index contributed by atoms with van der Waals surface area (Å²) in [5.41, 5.74) is 0.0130. The Kier molecular flexibility index (Phi) is 5.99. The number of carbonyl (C=O) groups excluding carboxylic acids is 1. The highest BCUT2D eigenvalue weighted by Gasteiger charge is 2.27. The van der Waals surface area contributed by atoms with Crippen LogP contribution in [0.25, 0.3) is 10.9 Å². The standard InChI is InChI=1S/C17H20N4O4.ClH/c1-17(4-6-18-7-5-17)10-19-16(23)13-9-15(22)20-14-3-2-11(21(24)25)8-12(13)14;/h2-3,8-9,18H,4-7,10H2,1H3,(H,19,23)(H,20,22);1H. The predicted octanol–water partition coefficient (Wildman–Crippen LogP) is 1.98. The molecule has 1 fully saturated rings. The normalized spacial score (nSPS) is 15.9. The van der Waals surface area contributed by atoms with Crippen molar-refractivity contribution in [2.24, 2.45) is 5.41 Å². The number of nitrogens with one attached hydrogen (secondary N) is 3. The number of aromatic nitrogens is 1. The number of nitrogens with zero attached hydrogens (tertiary/aromatic N) is 1. The number of amides is 1. The van der Waals surface area contributed by atoms with Crippen LogP contribution in [0, 0.1) is 15.5 Å². The van der Waals surface area contributed by atoms with Crippen molar-refractivity contribution in [1.29, 1.82) is 0 Å². The molecule has 0 bridgehead atoms. The highest BCUT2D eigenvalue weighted by atomic mass is 35.5. The average molecular weight is 381 g/mol. The fraction of sp³-hybridized carbons (Fsp3) is 0.412. The zero-order chi connectivity index (χ0) is 18.0. The molecule has 0 saturated carbocycles. The van der Waals surface area contributed by atoms with E-state index in [4.69, 9.17) is 0 Å². The highest BCUT2D eigenvalue weighted by molar-refractivity contribution is 6.06. The first-order valence-electron chi connectivity index (χ1n) is 8.18. The van der Waals surface area contributed by atoms with Crippen molar-refractivity contribution in [2.45, 2.75) is 19.8 Å². The lowest BCUT2D eigenvalue weighted by Gasteiger charge is -2.34. The molecule has 1 amide bonds. The molecule has 8 nitrogen and oxygen atoms in total. The largest absolute Gasteiger partial charge is 0.351 e. The van der Waals surface area contributed by atoms with Crippen LogP contribution in [0.3, 0.4) is 0 Å². The second kappa shape index (κ2) is 7.84. The third-order valence-corrected chi connectivity index (χ3v) is 4.77. The lowest BCUT2D eigenvalue weighted by molar-refractivity contribution is -0.384. The number of hydrogen-bond acceptors (Lipinski definition) is 5. The van der Waals surface area contributed by atoms with E-state index in [-0.39, 0.29) is 29.1 Å². The van der Waals surface area contributed by atoms with E-state index in [0.29, 0.717) is 17.4 Å². The molecule has 1 saturated heterocycles. The molecule has 3 rings (SSSR count). The van der Waals surface area contributed by atoms with Crippen LogP contribution < -0.4 is 16.2 Å². The van der Waals surface area contributed by atoms with Crippen LogP contribution in [0.2, 0.25) is 0 Å². The van der Waals surface area contributed by atoms with E-state index in [0.717, 1.165) is 25.9 Å². The maximum atomic E-state index is 12.6. The Hall–Kier alpha value is -2.45. The maximum absolute atomic E-state index is 12.6. The van der Waals surface area contributed by atoms with Gasteiger partial charge in [-0.25, -0.2) is 0 Å². The topological polar surface area (TPSA) is 117 Å². The van der Waals surface area contributed by atoms with Gasteiger partial charge in [-0.1, -0.05) is 6.92 Å². The van der Waals surface area contributed by atoms with Gasteiger partial charge in [0.05, 0.1) is 10.5 Å². The first kappa shape index (κ1) is 19.9. The molecule has 0 unspecified atom stereocenters. The van der Waals surface area contributed by atoms with Gasteiger partial charge >= 0.3 is 0 Å². The van der Waals surface area contributed by atoms with Crippen LogP contribution in [0.5, 0.6) is 0 Å². The number of non-ortho nitro benzene ring substituents is 1. The van der Waals surface area contributed by atoms with Gasteiger partial charge in [-0.2, -0.15) is 0 Å². The third-order valence-electron chi connectivity index (χ3n) is 4.77. The van der Waals surface area contributed by atoms with Gasteiger partial charge in [-0.3, -0.25) is 19.7 Å². The van der Waals surface area contributed by atoms with Gasteiger partial charge in [0.1, 0.15) is 0 Å². The minimum atomic E-state index is -0.525. The number of halogens is 1. The van der Waals surface area contributed by atoms with Crippen LogP contribution in [0.15, 0.2) is 29.1 Å². The fourth-order valence-corrected chi connectivity index (χ4v) is 3.14. The van der Waals surface area contributed by atoms with E-state index in [2.05, 4.69) is 22.5 Å². The van der Waals surface area contributed by atoms with Gasteiger partial charge in [0, 0.05) is 35.6 Å². The Balaban J connectivity index is 0.00000243. The number of pyridine rings is 1. The van der Waals surface area contributed by atoms with Crippen molar-refractivity contribution in [1.82, 2.24) is 15.6 Å². The SMILES string of the molecule is CC1(CNC(=O)c2cc(=O)[nH]c3ccc([N+](=O)[O-])cc23)CCNCC1.Cl. The second-order valence-corrected chi connectivity index (χ2v) is 6.78. The number of nitro benzene ring substituents is 1. The van der Waals surface area contributed by atoms with Crippen molar-refractivity contribution >= 4 is 34.9 Å². The number of piperidine rings is 1. The van der Waals surface area contributed by atoms with Crippen molar-refractivity contribution in [3.05, 3.63) is 50.3 Å². The Morgan fingerprint density at radius 2 is 2.00 bits per heavy atom. The number of aromatic amines is 1. The molecular formula is C17H21ClN4O4. The molecule has 1 aliphatic rings. The summed E-state index contributed by atoms with van der Waals surface area (Å²) in [5, 5.41) is 17.5. The summed E-state index contributed by atoms with van der Waals surface area (Å²) in [6.45, 7) is 4.44. The number of benzene rings is 1. The summed E-state index contributed by atoms with van der Waals surface area (Å²) in [6, 6.07) is 5.24. The summed E-state index contributed by atoms with van der Waals surface area (Å²) in [4.78, 5) is 37.5. The molecule has 0 atom stereocenters. The first-order chi connectivity index (χ1) is 11.9. The minimum absolute atomic E-state index is 0. The Morgan fingerprint density at radius 1 is 1.31 bits per heavy atom. The molecule has 140 valence electrons.